The highest BCUT2D eigenvalue weighted by molar-refractivity contribution is 7.16. The van der Waals surface area contributed by atoms with Gasteiger partial charge in [0.2, 0.25) is 17.7 Å². The van der Waals surface area contributed by atoms with Gasteiger partial charge in [0.15, 0.2) is 5.13 Å². The Balaban J connectivity index is 1.04. The van der Waals surface area contributed by atoms with Gasteiger partial charge in [-0.15, -0.1) is 45.3 Å². The first-order valence-corrected chi connectivity index (χ1v) is 30.6. The zero-order chi connectivity index (χ0) is 59.6. The van der Waals surface area contributed by atoms with Crippen LogP contribution in [-0.2, 0) is 35.3 Å². The monoisotopic (exact) mass is 1230 g/mol. The molecule has 1 aromatic carbocycles. The van der Waals surface area contributed by atoms with Crippen LogP contribution in [0.2, 0.25) is 0 Å². The van der Waals surface area contributed by atoms with Gasteiger partial charge in [-0.05, 0) is 82.6 Å². The molecule has 3 aliphatic carbocycles. The molecular weight excluding hydrogens is 1180 g/mol. The summed E-state index contributed by atoms with van der Waals surface area (Å²) in [5.74, 6) is 2.55. The molecule has 0 unspecified atom stereocenters. The maximum Gasteiger partial charge on any atom is 0.309 e. The van der Waals surface area contributed by atoms with E-state index in [4.69, 9.17) is 35.5 Å². The molecule has 0 saturated heterocycles. The minimum Gasteiger partial charge on any atom is -0.481 e. The van der Waals surface area contributed by atoms with Crippen molar-refractivity contribution in [3.05, 3.63) is 102 Å². The molecule has 0 spiro atoms. The average molecular weight is 1230 g/mol. The second-order valence-electron chi connectivity index (χ2n) is 20.6. The largest absolute Gasteiger partial charge is 0.481 e. The minimum atomic E-state index is -1.29. The maximum absolute atomic E-state index is 14.5. The molecule has 3 saturated carbocycles. The number of carboxylic acids is 1. The number of carbonyl (C=O) groups excluding carboxylic acids is 6. The number of nitrogens with one attached hydrogen (secondary N) is 5. The number of amides is 6. The lowest BCUT2D eigenvalue weighted by atomic mass is 9.53. The Morgan fingerprint density at radius 3 is 2.17 bits per heavy atom. The molecule has 10 bridgehead atoms. The van der Waals surface area contributed by atoms with Crippen LogP contribution in [0.4, 0.5) is 10.9 Å². The molecule has 3 atom stereocenters. The van der Waals surface area contributed by atoms with Crippen molar-refractivity contribution in [1.29, 1.82) is 0 Å². The molecule has 436 valence electrons. The van der Waals surface area contributed by atoms with Gasteiger partial charge in [-0.25, -0.2) is 35.7 Å². The van der Waals surface area contributed by atoms with Crippen LogP contribution in [0.15, 0.2) is 80.2 Å². The molecular formula is C55H56N14O10S5. The van der Waals surface area contributed by atoms with E-state index in [1.807, 2.05) is 0 Å². The number of rotatable bonds is 10. The number of nitrogens with two attached hydrogens (primary N) is 1. The minimum absolute atomic E-state index is 0.00332. The molecule has 6 aromatic heterocycles. The highest BCUT2D eigenvalue weighted by Crippen LogP contribution is 2.57. The van der Waals surface area contributed by atoms with Crippen LogP contribution >= 0.6 is 56.7 Å². The third-order valence-corrected chi connectivity index (χ3v) is 19.5. The molecule has 7 aromatic rings. The normalized spacial score (nSPS) is 21.4. The number of aromatic nitrogens is 6. The Morgan fingerprint density at radius 1 is 0.798 bits per heavy atom. The van der Waals surface area contributed by atoms with Crippen LogP contribution in [0.5, 0.6) is 0 Å². The number of hydrogen-bond donors (Lipinski definition) is 8. The van der Waals surface area contributed by atoms with Crippen molar-refractivity contribution in [2.24, 2.45) is 21.7 Å². The fraction of sp³-hybridized carbons (Fsp3) is 0.345. The lowest BCUT2D eigenvalue weighted by molar-refractivity contribution is -0.162. The molecule has 4 aliphatic rings. The van der Waals surface area contributed by atoms with Crippen LogP contribution in [0.3, 0.4) is 0 Å². The number of allylic oxidation sites excluding steroid dienone is 1. The predicted molar refractivity (Wildman–Crippen MR) is 318 cm³/mol. The van der Waals surface area contributed by atoms with E-state index in [-0.39, 0.29) is 46.9 Å². The number of aliphatic hydroxyl groups is 1. The van der Waals surface area contributed by atoms with Crippen LogP contribution in [-0.4, -0.2) is 119 Å². The first-order chi connectivity index (χ1) is 40.3. The molecule has 11 rings (SSSR count). The number of fused-ring (bicyclic) bond motifs is 15. The molecule has 24 nitrogen and oxygen atoms in total. The Kier molecular flexibility index (Phi) is 17.5. The van der Waals surface area contributed by atoms with Crippen molar-refractivity contribution >= 4 is 115 Å². The number of hydrazine groups is 1. The molecule has 1 aliphatic heterocycles. The van der Waals surface area contributed by atoms with E-state index >= 15 is 0 Å². The number of nitrogens with zero attached hydrogens (tertiary/aromatic N) is 8. The van der Waals surface area contributed by atoms with Gasteiger partial charge in [0, 0.05) is 52.4 Å². The van der Waals surface area contributed by atoms with Crippen LogP contribution in [0, 0.1) is 10.8 Å². The smallest absolute Gasteiger partial charge is 0.309 e. The van der Waals surface area contributed by atoms with E-state index in [2.05, 4.69) is 36.6 Å². The van der Waals surface area contributed by atoms with Crippen molar-refractivity contribution in [3.63, 3.8) is 0 Å². The highest BCUT2D eigenvalue weighted by Gasteiger charge is 2.55. The Labute approximate surface area is 500 Å². The SMILES string of the molecule is CNC(=O)C[C@H]1/C(C)=N/C(=C(C)C)C(=O)Nc2nc(c(COC)s2)C(=O)NCC(=O)N[C@@H]([C@@H](O)c2ccccc2)c2nc(cs2)-c2nc(cs2)-c2nc(-c3nc(NC(=O)C45CCC(C(=O)O)(CC4)CC5)cs3)ccc2-c2nc(cs2)C(=O)N1N. The molecule has 84 heavy (non-hydrogen) atoms. The number of methoxy groups -OCH3 is 1. The number of carboxylic acid groups (broad SMARTS) is 1. The average Bonchev–Trinajstić information content (AvgIpc) is 3.74. The lowest BCUT2D eigenvalue weighted by Gasteiger charge is -2.50. The molecule has 6 amide bonds. The van der Waals surface area contributed by atoms with Gasteiger partial charge in [0.05, 0.1) is 41.6 Å². The number of thiazole rings is 5. The Hall–Kier alpha value is -7.90. The molecule has 3 fully saturated rings. The number of aliphatic carboxylic acids is 1. The topological polar surface area (TPSA) is 348 Å². The predicted octanol–water partition coefficient (Wildman–Crippen LogP) is 7.39. The van der Waals surface area contributed by atoms with Crippen LogP contribution < -0.4 is 32.4 Å². The van der Waals surface area contributed by atoms with E-state index in [1.54, 1.807) is 72.5 Å². The second-order valence-corrected chi connectivity index (χ2v) is 25.1. The summed E-state index contributed by atoms with van der Waals surface area (Å²) in [6, 6.07) is 9.91. The number of hydrogen-bond acceptors (Lipinski definition) is 22. The van der Waals surface area contributed by atoms with E-state index in [9.17, 15) is 43.8 Å². The lowest BCUT2D eigenvalue weighted by Crippen LogP contribution is -2.51. The van der Waals surface area contributed by atoms with Crippen molar-refractivity contribution in [2.45, 2.75) is 90.5 Å². The molecule has 7 heterocycles. The number of aliphatic imine (C=N–C) groups is 1. The number of anilines is 2. The summed E-state index contributed by atoms with van der Waals surface area (Å²) in [4.78, 5) is 129. The number of ether oxygens (including phenoxy) is 1. The van der Waals surface area contributed by atoms with Gasteiger partial charge in [-0.1, -0.05) is 41.7 Å². The first kappa shape index (κ1) is 59.3. The quantitative estimate of drug-likeness (QED) is 0.0376. The summed E-state index contributed by atoms with van der Waals surface area (Å²) in [6.45, 7) is 4.19. The van der Waals surface area contributed by atoms with Gasteiger partial charge < -0.3 is 36.2 Å². The Morgan fingerprint density at radius 2 is 1.46 bits per heavy atom. The summed E-state index contributed by atoms with van der Waals surface area (Å²) < 4.78 is 5.35. The van der Waals surface area contributed by atoms with Gasteiger partial charge in [0.1, 0.15) is 72.2 Å². The zero-order valence-corrected chi connectivity index (χ0v) is 49.9. The van der Waals surface area contributed by atoms with E-state index in [0.29, 0.717) is 109 Å². The summed E-state index contributed by atoms with van der Waals surface area (Å²) >= 11 is 5.77. The fourth-order valence-corrected chi connectivity index (χ4v) is 14.4. The van der Waals surface area contributed by atoms with Crippen molar-refractivity contribution in [2.75, 3.05) is 31.3 Å². The van der Waals surface area contributed by atoms with E-state index in [0.717, 1.165) is 27.7 Å². The van der Waals surface area contributed by atoms with Crippen molar-refractivity contribution in [1.82, 2.24) is 50.9 Å². The van der Waals surface area contributed by atoms with Gasteiger partial charge >= 0.3 is 5.97 Å². The number of pyridine rings is 1. The molecule has 29 heteroatoms. The van der Waals surface area contributed by atoms with Crippen molar-refractivity contribution in [3.8, 4) is 43.4 Å². The van der Waals surface area contributed by atoms with E-state index < -0.39 is 71.1 Å². The third kappa shape index (κ3) is 12.2. The highest BCUT2D eigenvalue weighted by atomic mass is 32.1. The van der Waals surface area contributed by atoms with Crippen molar-refractivity contribution < 1.29 is 48.5 Å². The zero-order valence-electron chi connectivity index (χ0n) is 45.8. The summed E-state index contributed by atoms with van der Waals surface area (Å²) in [6.07, 6.45) is 1.10. The van der Waals surface area contributed by atoms with Gasteiger partial charge in [0.25, 0.3) is 17.7 Å². The van der Waals surface area contributed by atoms with Crippen LogP contribution in [0.25, 0.3) is 43.4 Å². The summed E-state index contributed by atoms with van der Waals surface area (Å²) in [5.41, 5.74) is 1.31. The second kappa shape index (κ2) is 24.7. The van der Waals surface area contributed by atoms with E-state index in [1.165, 1.54) is 60.5 Å². The third-order valence-electron chi connectivity index (χ3n) is 15.0. The summed E-state index contributed by atoms with van der Waals surface area (Å²) in [5, 5.41) is 44.7. The molecule has 0 radical (unpaired) electrons. The maximum atomic E-state index is 14.5. The molecule has 9 N–H and O–H groups in total. The number of benzene rings is 1. The Bertz CT molecular complexity index is 3760. The van der Waals surface area contributed by atoms with Crippen LogP contribution in [0.1, 0.15) is 114 Å². The number of aliphatic hydroxyl groups excluding tert-OH is 1. The fourth-order valence-electron chi connectivity index (χ4n) is 10.2. The van der Waals surface area contributed by atoms with Gasteiger partial charge in [-0.2, -0.15) is 0 Å². The van der Waals surface area contributed by atoms with Gasteiger partial charge in [-0.3, -0.25) is 48.9 Å². The number of carbonyl (C=O) groups is 7. The first-order valence-electron chi connectivity index (χ1n) is 26.3. The summed E-state index contributed by atoms with van der Waals surface area (Å²) in [7, 11) is 2.85. The standard InChI is InChI=1S/C55H56N14O10S5/c1-26(2)39-45(74)68-53-67-41(35(84-53)21-79-5)44(73)58-20-38(71)66-42(43(72)28-9-7-6-8-10-28)49-62-32(23-82-49)48-61-31(22-81-48)40-29(46-63-33(24-80-46)50(75)69(56)34(27(3)59-39)19-37(70)57-4)11-12-30(60-40)47-64-36(25-83-47)65-51(76)54-13-16-55(17-14-54,18-15-54)52(77)78/h6-12,22-25,34,42-43,72H,13-21,56H2,1-5H3,(H,57,70)(H,58,73)(H,65,76)(H,66,71)(H,77,78)(H,67,68,74)/b59-27+/t34-,42-,43-,54?,55?/m0/s1.